The normalized spacial score (nSPS) is 17.2. The summed E-state index contributed by atoms with van der Waals surface area (Å²) in [7, 11) is 0. The molecule has 2 aromatic heterocycles. The van der Waals surface area contributed by atoms with Crippen molar-refractivity contribution >= 4 is 12.2 Å². The molecule has 1 fully saturated rings. The van der Waals surface area contributed by atoms with Crippen molar-refractivity contribution in [3.8, 4) is 22.9 Å². The van der Waals surface area contributed by atoms with Gasteiger partial charge >= 0.3 is 18.6 Å². The minimum Gasteiger partial charge on any atom is -2.00 e. The largest absolute Gasteiger partial charge is 4.00 e. The van der Waals surface area contributed by atoms with Crippen LogP contribution >= 0.6 is 0 Å². The van der Waals surface area contributed by atoms with Crippen LogP contribution in [-0.2, 0) is 28.8 Å². The number of benzene rings is 1. The van der Waals surface area contributed by atoms with E-state index in [9.17, 15) is 10.2 Å². The third-order valence-corrected chi connectivity index (χ3v) is 4.67. The maximum atomic E-state index is 11.7. The van der Waals surface area contributed by atoms with E-state index in [0.29, 0.717) is 6.61 Å². The van der Waals surface area contributed by atoms with Crippen molar-refractivity contribution in [2.75, 3.05) is 6.61 Å². The molecule has 1 aliphatic heterocycles. The predicted octanol–water partition coefficient (Wildman–Crippen LogP) is 1.32. The van der Waals surface area contributed by atoms with Crippen LogP contribution in [0, 0.1) is 0 Å². The Morgan fingerprint density at radius 3 is 2.24 bits per heavy atom. The van der Waals surface area contributed by atoms with Crippen LogP contribution in [0.4, 0.5) is 0 Å². The first kappa shape index (κ1) is 25.8. The quantitative estimate of drug-likeness (QED) is 0.251. The van der Waals surface area contributed by atoms with Gasteiger partial charge < -0.3 is 30.9 Å². The predicted molar refractivity (Wildman–Crippen MR) is 111 cm³/mol. The molecule has 2 atom stereocenters. The molecule has 3 aromatic rings. The molecule has 0 spiro atoms. The van der Waals surface area contributed by atoms with Crippen molar-refractivity contribution < 1.29 is 43.7 Å². The summed E-state index contributed by atoms with van der Waals surface area (Å²) >= 11 is 0. The maximum absolute atomic E-state index is 11.7. The molecule has 2 N–H and O–H groups in total. The van der Waals surface area contributed by atoms with Crippen molar-refractivity contribution in [3.63, 3.8) is 0 Å². The van der Waals surface area contributed by atoms with Gasteiger partial charge in [-0.1, -0.05) is 30.0 Å². The number of epoxide rings is 1. The molecule has 1 radical (unpaired) electrons. The minimum absolute atomic E-state index is 0. The van der Waals surface area contributed by atoms with E-state index in [1.165, 1.54) is 11.1 Å². The Bertz CT molecular complexity index is 1100. The van der Waals surface area contributed by atoms with Gasteiger partial charge in [0.1, 0.15) is 18.0 Å². The van der Waals surface area contributed by atoms with Crippen LogP contribution in [0.5, 0.6) is 11.5 Å². The summed E-state index contributed by atoms with van der Waals surface area (Å²) in [5.41, 5.74) is 9.34. The van der Waals surface area contributed by atoms with Gasteiger partial charge in [0.15, 0.2) is 0 Å². The molecule has 1 saturated heterocycles. The number of para-hydroxylation sites is 1. The standard InChI is InChI=1S/C12H8N2O.C10H13N3O3.O.V/c1-3-7-9(13-5-1)10-8(4-2-6-14-10)12-11(7)15-12;1-2-16-8-5-3-4-7(9(8)14)6-12-13-10(11)15;;/h1-6,11-12H;3-6,14H,2H2,1H3,(H3,11,13,15);;/q;;-2;+4/p-2/b;12-6+;;. The third-order valence-electron chi connectivity index (χ3n) is 4.67. The van der Waals surface area contributed by atoms with Crippen molar-refractivity contribution in [2.45, 2.75) is 19.1 Å². The monoisotopic (exact) mass is 484 g/mol. The molecule has 3 heterocycles. The third kappa shape index (κ3) is 5.68. The van der Waals surface area contributed by atoms with E-state index < -0.39 is 6.02 Å². The van der Waals surface area contributed by atoms with Crippen LogP contribution in [0.15, 0.2) is 65.1 Å². The van der Waals surface area contributed by atoms with Crippen LogP contribution in [0.1, 0.15) is 35.8 Å². The Kier molecular flexibility index (Phi) is 8.95. The summed E-state index contributed by atoms with van der Waals surface area (Å²) in [5.74, 6) is -0.0571. The number of pyridine rings is 2. The molecule has 10 nitrogen and oxygen atoms in total. The van der Waals surface area contributed by atoms with Gasteiger partial charge in [-0.25, -0.2) is 0 Å². The molecule has 0 bridgehead atoms. The van der Waals surface area contributed by atoms with Crippen molar-refractivity contribution in [3.05, 3.63) is 71.5 Å². The smallest absolute Gasteiger partial charge is 2.00 e. The van der Waals surface area contributed by atoms with Gasteiger partial charge in [0, 0.05) is 23.5 Å². The Balaban J connectivity index is 0.000000220. The molecule has 2 unspecified atom stereocenters. The topological polar surface area (TPSA) is 173 Å². The van der Waals surface area contributed by atoms with Crippen LogP contribution in [-0.4, -0.2) is 28.8 Å². The molecule has 33 heavy (non-hydrogen) atoms. The molecule has 0 amide bonds. The van der Waals surface area contributed by atoms with Crippen molar-refractivity contribution in [1.29, 1.82) is 0 Å². The number of hydrogen-bond acceptors (Lipinski definition) is 8. The summed E-state index contributed by atoms with van der Waals surface area (Å²) in [6.45, 7) is 2.18. The van der Waals surface area contributed by atoms with E-state index in [4.69, 9.17) is 15.2 Å². The van der Waals surface area contributed by atoms with Gasteiger partial charge in [0.25, 0.3) is 0 Å². The van der Waals surface area contributed by atoms with Gasteiger partial charge in [0.2, 0.25) is 0 Å². The number of ether oxygens (including phenoxy) is 2. The molecule has 1 aromatic carbocycles. The van der Waals surface area contributed by atoms with E-state index in [1.807, 2.05) is 12.1 Å². The number of hydrogen-bond donors (Lipinski definition) is 1. The maximum Gasteiger partial charge on any atom is 4.00 e. The van der Waals surface area contributed by atoms with Crippen LogP contribution < -0.4 is 20.7 Å². The number of rotatable bonds is 4. The average Bonchev–Trinajstić information content (AvgIpc) is 3.58. The Morgan fingerprint density at radius 1 is 1.09 bits per heavy atom. The van der Waals surface area contributed by atoms with Crippen LogP contribution in [0.2, 0.25) is 0 Å². The fourth-order valence-electron chi connectivity index (χ4n) is 3.33. The van der Waals surface area contributed by atoms with E-state index in [2.05, 4.69) is 32.3 Å². The summed E-state index contributed by atoms with van der Waals surface area (Å²) < 4.78 is 10.8. The van der Waals surface area contributed by atoms with Gasteiger partial charge in [-0.2, -0.15) is 5.10 Å². The molecule has 1 aliphatic carbocycles. The van der Waals surface area contributed by atoms with Gasteiger partial charge in [-0.3, -0.25) is 9.97 Å². The zero-order chi connectivity index (χ0) is 21.8. The molecule has 167 valence electrons. The molecular formula is C22H19N5O5V. The first-order chi connectivity index (χ1) is 15.1. The van der Waals surface area contributed by atoms with E-state index >= 15 is 0 Å². The zero-order valence-electron chi connectivity index (χ0n) is 17.5. The Morgan fingerprint density at radius 2 is 1.70 bits per heavy atom. The van der Waals surface area contributed by atoms with E-state index in [0.717, 1.165) is 17.6 Å². The fourth-order valence-corrected chi connectivity index (χ4v) is 3.33. The van der Waals surface area contributed by atoms with E-state index in [1.54, 1.807) is 37.5 Å². The number of nitrogens with zero attached hydrogens (tertiary/aromatic N) is 4. The number of amidine groups is 1. The molecule has 11 heteroatoms. The molecular weight excluding hydrogens is 465 g/mol. The summed E-state index contributed by atoms with van der Waals surface area (Å²) in [4.78, 5) is 8.79. The van der Waals surface area contributed by atoms with Crippen LogP contribution in [0.25, 0.3) is 11.4 Å². The Hall–Kier alpha value is -3.44. The number of aromatic nitrogens is 2. The van der Waals surface area contributed by atoms with Gasteiger partial charge in [-0.15, -0.1) is 5.10 Å². The second-order valence-electron chi connectivity index (χ2n) is 6.65. The SMILES string of the molecule is CCOc1cccc(/C=N/N=C(/N)[O-])c1[O-].[O-2].[V+4].c1cnc2c(c1)C1OC1c1cccnc1-2. The van der Waals surface area contributed by atoms with Crippen molar-refractivity contribution in [2.24, 2.45) is 15.9 Å². The summed E-state index contributed by atoms with van der Waals surface area (Å²) in [6, 6.07) is 11.9. The van der Waals surface area contributed by atoms with Crippen molar-refractivity contribution in [1.82, 2.24) is 9.97 Å². The second-order valence-corrected chi connectivity index (χ2v) is 6.65. The number of fused-ring (bicyclic) bond motifs is 6. The summed E-state index contributed by atoms with van der Waals surface area (Å²) in [5, 5.41) is 28.4. The van der Waals surface area contributed by atoms with Crippen LogP contribution in [0.3, 0.4) is 0 Å². The fraction of sp³-hybridized carbons (Fsp3) is 0.182. The summed E-state index contributed by atoms with van der Waals surface area (Å²) in [6.07, 6.45) is 5.20. The Labute approximate surface area is 202 Å². The van der Waals surface area contributed by atoms with Gasteiger partial charge in [-0.05, 0) is 30.7 Å². The first-order valence-electron chi connectivity index (χ1n) is 9.62. The minimum atomic E-state index is -0.912. The number of nitrogens with two attached hydrogens (primary N) is 1. The van der Waals surface area contributed by atoms with Gasteiger partial charge in [0.05, 0.1) is 30.2 Å². The molecule has 2 aliphatic rings. The molecule has 0 saturated carbocycles. The zero-order valence-corrected chi connectivity index (χ0v) is 18.9. The molecule has 5 rings (SSSR count). The average molecular weight is 484 g/mol. The van der Waals surface area contributed by atoms with E-state index in [-0.39, 0.29) is 53.3 Å². The first-order valence-corrected chi connectivity index (χ1v) is 9.62. The second kappa shape index (κ2) is 11.4.